The molecule has 0 heterocycles. The molecule has 22 heavy (non-hydrogen) atoms. The Morgan fingerprint density at radius 2 is 0.545 bits per heavy atom. The van der Waals surface area contributed by atoms with E-state index in [2.05, 4.69) is 72.8 Å². The van der Waals surface area contributed by atoms with Crippen molar-refractivity contribution in [2.24, 2.45) is 0 Å². The van der Waals surface area contributed by atoms with Gasteiger partial charge in [-0.25, -0.2) is 0 Å². The molecular formula is C18H15O3P. The monoisotopic (exact) mass is 310 g/mol. The van der Waals surface area contributed by atoms with Gasteiger partial charge in [-0.15, -0.1) is 0 Å². The van der Waals surface area contributed by atoms with E-state index in [-0.39, 0.29) is 0 Å². The van der Waals surface area contributed by atoms with Gasteiger partial charge >= 0.3 is 8.60 Å². The summed E-state index contributed by atoms with van der Waals surface area (Å²) < 4.78 is 0. The average molecular weight is 310 g/mol. The lowest BCUT2D eigenvalue weighted by Gasteiger charge is -2.09. The van der Waals surface area contributed by atoms with E-state index in [9.17, 15) is 0 Å². The van der Waals surface area contributed by atoms with Gasteiger partial charge in [-0.2, -0.15) is 0 Å². The van der Waals surface area contributed by atoms with Gasteiger partial charge in [0, 0.05) is 0 Å². The van der Waals surface area contributed by atoms with E-state index in [1.165, 1.54) is 32.3 Å². The normalized spacial score (nSPS) is 10.9. The van der Waals surface area contributed by atoms with Gasteiger partial charge in [-0.3, -0.25) is 0 Å². The molecule has 0 atom stereocenters. The summed E-state index contributed by atoms with van der Waals surface area (Å²) in [4.78, 5) is 21.7. The maximum absolute atomic E-state index is 7.23. The topological polar surface area (TPSA) is 60.7 Å². The van der Waals surface area contributed by atoms with Gasteiger partial charge in [0.2, 0.25) is 0 Å². The Balaban J connectivity index is 0.000000325. The van der Waals surface area contributed by atoms with Crippen LogP contribution < -0.4 is 0 Å². The Hall–Kier alpha value is -2.03. The van der Waals surface area contributed by atoms with Crippen molar-refractivity contribution >= 4 is 40.9 Å². The van der Waals surface area contributed by atoms with E-state index in [0.29, 0.717) is 0 Å². The van der Waals surface area contributed by atoms with Crippen LogP contribution in [0, 0.1) is 0 Å². The van der Waals surface area contributed by atoms with Crippen LogP contribution in [0.1, 0.15) is 0 Å². The molecule has 0 aliphatic rings. The average Bonchev–Trinajstić information content (AvgIpc) is 2.55. The van der Waals surface area contributed by atoms with Crippen molar-refractivity contribution in [3.8, 4) is 0 Å². The van der Waals surface area contributed by atoms with Gasteiger partial charge < -0.3 is 14.7 Å². The first-order chi connectivity index (χ1) is 10.7. The first kappa shape index (κ1) is 14.9. The summed E-state index contributed by atoms with van der Waals surface area (Å²) in [5.41, 5.74) is 0. The van der Waals surface area contributed by atoms with E-state index in [0.717, 1.165) is 0 Å². The second-order valence-electron chi connectivity index (χ2n) is 4.91. The Kier molecular flexibility index (Phi) is 4.32. The van der Waals surface area contributed by atoms with Crippen molar-refractivity contribution in [3.63, 3.8) is 0 Å². The molecule has 0 spiro atoms. The van der Waals surface area contributed by atoms with E-state index in [1.54, 1.807) is 0 Å². The molecule has 0 saturated heterocycles. The molecule has 110 valence electrons. The van der Waals surface area contributed by atoms with Crippen LogP contribution in [-0.2, 0) is 0 Å². The van der Waals surface area contributed by atoms with Crippen molar-refractivity contribution in [1.82, 2.24) is 0 Å². The molecule has 0 radical (unpaired) electrons. The largest absolute Gasteiger partial charge is 0.328 e. The van der Waals surface area contributed by atoms with Crippen molar-refractivity contribution in [1.29, 1.82) is 0 Å². The van der Waals surface area contributed by atoms with Gasteiger partial charge in [-0.1, -0.05) is 72.8 Å². The highest BCUT2D eigenvalue weighted by Crippen LogP contribution is 2.34. The molecule has 3 N–H and O–H groups in total. The molecule has 4 rings (SSSR count). The molecule has 0 amide bonds. The van der Waals surface area contributed by atoms with Crippen molar-refractivity contribution in [2.45, 2.75) is 0 Å². The molecule has 4 aromatic rings. The maximum Gasteiger partial charge on any atom is 0.324 e. The number of rotatable bonds is 0. The molecule has 3 nitrogen and oxygen atoms in total. The zero-order valence-electron chi connectivity index (χ0n) is 11.7. The molecule has 0 unspecified atom stereocenters. The van der Waals surface area contributed by atoms with Crippen LogP contribution in [0.2, 0.25) is 0 Å². The third-order valence-electron chi connectivity index (χ3n) is 3.65. The summed E-state index contributed by atoms with van der Waals surface area (Å²) in [6.45, 7) is 0. The van der Waals surface area contributed by atoms with Crippen LogP contribution in [0.5, 0.6) is 0 Å². The van der Waals surface area contributed by atoms with Gasteiger partial charge in [0.25, 0.3) is 0 Å². The highest BCUT2D eigenvalue weighted by Gasteiger charge is 2.06. The Morgan fingerprint density at radius 1 is 0.409 bits per heavy atom. The third kappa shape index (κ3) is 2.80. The molecule has 0 bridgehead atoms. The highest BCUT2D eigenvalue weighted by molar-refractivity contribution is 7.38. The fraction of sp³-hybridized carbons (Fsp3) is 0. The van der Waals surface area contributed by atoms with Crippen LogP contribution in [-0.4, -0.2) is 14.7 Å². The molecule has 0 saturated carbocycles. The van der Waals surface area contributed by atoms with E-state index < -0.39 is 8.60 Å². The predicted molar refractivity (Wildman–Crippen MR) is 92.5 cm³/mol. The standard InChI is InChI=1S/C18H12.H3O3P/c1-2-8-14-13(7-1)15-9-3-4-11-17(15)18-12-6-5-10-16(14)18;1-4(2)3/h1-12H;1-3H. The van der Waals surface area contributed by atoms with Crippen molar-refractivity contribution in [2.75, 3.05) is 0 Å². The molecule has 0 aliphatic carbocycles. The third-order valence-corrected chi connectivity index (χ3v) is 3.65. The van der Waals surface area contributed by atoms with Crippen molar-refractivity contribution < 1.29 is 14.7 Å². The molecule has 0 aliphatic heterocycles. The maximum atomic E-state index is 7.23. The van der Waals surface area contributed by atoms with Crippen molar-refractivity contribution in [3.05, 3.63) is 72.8 Å². The number of benzene rings is 4. The number of hydrogen-bond donors (Lipinski definition) is 3. The molecule has 0 aromatic heterocycles. The molecular weight excluding hydrogens is 295 g/mol. The summed E-state index contributed by atoms with van der Waals surface area (Å²) in [6, 6.07) is 26.0. The predicted octanol–water partition coefficient (Wildman–Crippen LogP) is 4.34. The van der Waals surface area contributed by atoms with E-state index in [1.807, 2.05) is 0 Å². The van der Waals surface area contributed by atoms with Crippen LogP contribution in [0.25, 0.3) is 32.3 Å². The minimum atomic E-state index is -2.62. The molecule has 4 aromatic carbocycles. The Labute approximate surface area is 129 Å². The fourth-order valence-corrected chi connectivity index (χ4v) is 2.86. The van der Waals surface area contributed by atoms with Crippen LogP contribution >= 0.6 is 8.60 Å². The lowest BCUT2D eigenvalue weighted by molar-refractivity contribution is 0.368. The second-order valence-corrected chi connectivity index (χ2v) is 5.44. The summed E-state index contributed by atoms with van der Waals surface area (Å²) in [5, 5.41) is 8.04. The zero-order valence-corrected chi connectivity index (χ0v) is 12.6. The zero-order chi connectivity index (χ0) is 15.5. The van der Waals surface area contributed by atoms with Gasteiger partial charge in [0.1, 0.15) is 0 Å². The lowest BCUT2D eigenvalue weighted by atomic mass is 9.95. The number of fused-ring (bicyclic) bond motifs is 6. The minimum absolute atomic E-state index is 1.34. The van der Waals surface area contributed by atoms with E-state index >= 15 is 0 Å². The van der Waals surface area contributed by atoms with Gasteiger partial charge in [0.15, 0.2) is 0 Å². The Bertz CT molecular complexity index is 711. The summed E-state index contributed by atoms with van der Waals surface area (Å²) in [6.07, 6.45) is 0. The van der Waals surface area contributed by atoms with Gasteiger partial charge in [-0.05, 0) is 32.3 Å². The fourth-order valence-electron chi connectivity index (χ4n) is 2.86. The smallest absolute Gasteiger partial charge is 0.324 e. The summed E-state index contributed by atoms with van der Waals surface area (Å²) in [5.74, 6) is 0. The first-order valence-corrected chi connectivity index (χ1v) is 8.03. The highest BCUT2D eigenvalue weighted by atomic mass is 31.2. The van der Waals surface area contributed by atoms with Crippen LogP contribution in [0.15, 0.2) is 72.8 Å². The van der Waals surface area contributed by atoms with E-state index in [4.69, 9.17) is 14.7 Å². The second kappa shape index (κ2) is 6.39. The number of hydrogen-bond acceptors (Lipinski definition) is 3. The van der Waals surface area contributed by atoms with Crippen LogP contribution in [0.4, 0.5) is 0 Å². The van der Waals surface area contributed by atoms with Crippen LogP contribution in [0.3, 0.4) is 0 Å². The molecule has 4 heteroatoms. The Morgan fingerprint density at radius 3 is 0.682 bits per heavy atom. The SMILES string of the molecule is OP(O)O.c1ccc2c(c1)c1ccccc1c1ccccc21. The minimum Gasteiger partial charge on any atom is -0.328 e. The summed E-state index contributed by atoms with van der Waals surface area (Å²) >= 11 is 0. The molecule has 0 fully saturated rings. The quantitative estimate of drug-likeness (QED) is 0.334. The van der Waals surface area contributed by atoms with Gasteiger partial charge in [0.05, 0.1) is 0 Å². The lowest BCUT2D eigenvalue weighted by Crippen LogP contribution is -1.81. The first-order valence-electron chi connectivity index (χ1n) is 6.83. The summed E-state index contributed by atoms with van der Waals surface area (Å²) in [7, 11) is -2.62.